The SMILES string of the molecule is CCC(C)C[C@H]1OC[C@](C)(CO)N1C(=O)OC(C)(C)C. The van der Waals surface area contributed by atoms with Crippen LogP contribution in [0.15, 0.2) is 0 Å². The summed E-state index contributed by atoms with van der Waals surface area (Å²) in [6.45, 7) is 11.8. The molecule has 0 aromatic heterocycles. The van der Waals surface area contributed by atoms with Gasteiger partial charge in [0.25, 0.3) is 0 Å². The molecule has 1 heterocycles. The number of nitrogens with zero attached hydrogens (tertiary/aromatic N) is 1. The van der Waals surface area contributed by atoms with Crippen LogP contribution in [0.1, 0.15) is 54.4 Å². The van der Waals surface area contributed by atoms with Crippen LogP contribution in [0.2, 0.25) is 0 Å². The highest BCUT2D eigenvalue weighted by Crippen LogP contribution is 2.32. The van der Waals surface area contributed by atoms with Crippen LogP contribution in [-0.4, -0.2) is 46.7 Å². The van der Waals surface area contributed by atoms with Gasteiger partial charge in [-0.3, -0.25) is 4.90 Å². The summed E-state index contributed by atoms with van der Waals surface area (Å²) in [4.78, 5) is 14.0. The zero-order valence-corrected chi connectivity index (χ0v) is 13.6. The van der Waals surface area contributed by atoms with E-state index in [0.717, 1.165) is 12.8 Å². The van der Waals surface area contributed by atoms with Gasteiger partial charge in [0, 0.05) is 0 Å². The summed E-state index contributed by atoms with van der Waals surface area (Å²) >= 11 is 0. The number of carbonyl (C=O) groups excluding carboxylic acids is 1. The molecular formula is C15H29NO4. The molecule has 0 radical (unpaired) electrons. The molecule has 3 atom stereocenters. The van der Waals surface area contributed by atoms with Gasteiger partial charge >= 0.3 is 6.09 Å². The zero-order valence-electron chi connectivity index (χ0n) is 13.6. The molecule has 0 spiro atoms. The third-order valence-corrected chi connectivity index (χ3v) is 3.69. The van der Waals surface area contributed by atoms with Gasteiger partial charge in [-0.15, -0.1) is 0 Å². The van der Waals surface area contributed by atoms with Gasteiger partial charge in [-0.05, 0) is 40.0 Å². The second kappa shape index (κ2) is 6.31. The molecule has 0 aliphatic carbocycles. The molecular weight excluding hydrogens is 258 g/mol. The van der Waals surface area contributed by atoms with Gasteiger partial charge in [-0.2, -0.15) is 0 Å². The first-order chi connectivity index (χ1) is 9.13. The minimum Gasteiger partial charge on any atom is -0.444 e. The maximum atomic E-state index is 12.4. The van der Waals surface area contributed by atoms with Crippen molar-refractivity contribution in [3.05, 3.63) is 0 Å². The highest BCUT2D eigenvalue weighted by Gasteiger charge is 2.48. The van der Waals surface area contributed by atoms with Crippen molar-refractivity contribution >= 4 is 6.09 Å². The number of carbonyl (C=O) groups is 1. The molecule has 1 saturated heterocycles. The minimum atomic E-state index is -0.708. The van der Waals surface area contributed by atoms with Crippen LogP contribution < -0.4 is 0 Å². The van der Waals surface area contributed by atoms with Gasteiger partial charge in [0.15, 0.2) is 0 Å². The summed E-state index contributed by atoms with van der Waals surface area (Å²) in [7, 11) is 0. The molecule has 1 unspecified atom stereocenters. The van der Waals surface area contributed by atoms with Crippen molar-refractivity contribution in [1.29, 1.82) is 0 Å². The molecule has 0 aromatic rings. The standard InChI is InChI=1S/C15H29NO4/c1-7-11(2)8-12-16(13(18)20-14(3,4)5)15(6,9-17)10-19-12/h11-12,17H,7-10H2,1-6H3/t11?,12-,15+/m1/s1. The summed E-state index contributed by atoms with van der Waals surface area (Å²) in [5, 5.41) is 9.62. The Morgan fingerprint density at radius 3 is 2.60 bits per heavy atom. The molecule has 5 heteroatoms. The topological polar surface area (TPSA) is 59.0 Å². The maximum absolute atomic E-state index is 12.4. The van der Waals surface area contributed by atoms with Crippen molar-refractivity contribution < 1.29 is 19.4 Å². The summed E-state index contributed by atoms with van der Waals surface area (Å²) < 4.78 is 11.2. The van der Waals surface area contributed by atoms with Crippen molar-refractivity contribution in [3.8, 4) is 0 Å². The van der Waals surface area contributed by atoms with E-state index in [9.17, 15) is 9.90 Å². The van der Waals surface area contributed by atoms with E-state index < -0.39 is 17.2 Å². The zero-order chi connectivity index (χ0) is 15.6. The lowest BCUT2D eigenvalue weighted by atomic mass is 10.0. The van der Waals surface area contributed by atoms with Crippen molar-refractivity contribution in [3.63, 3.8) is 0 Å². The number of hydrogen-bond donors (Lipinski definition) is 1. The second-order valence-electron chi connectivity index (χ2n) is 7.02. The van der Waals surface area contributed by atoms with Crippen LogP contribution in [0.5, 0.6) is 0 Å². The molecule has 1 fully saturated rings. The van der Waals surface area contributed by atoms with Gasteiger partial charge in [0.05, 0.1) is 18.8 Å². The fraction of sp³-hybridized carbons (Fsp3) is 0.933. The first-order valence-electron chi connectivity index (χ1n) is 7.37. The minimum absolute atomic E-state index is 0.136. The average molecular weight is 287 g/mol. The van der Waals surface area contributed by atoms with Gasteiger partial charge in [-0.1, -0.05) is 20.3 Å². The van der Waals surface area contributed by atoms with Crippen LogP contribution >= 0.6 is 0 Å². The van der Waals surface area contributed by atoms with Crippen LogP contribution in [0.4, 0.5) is 4.79 Å². The van der Waals surface area contributed by atoms with E-state index in [1.165, 1.54) is 0 Å². The number of aliphatic hydroxyl groups is 1. The fourth-order valence-corrected chi connectivity index (χ4v) is 2.22. The molecule has 1 rings (SSSR count). The maximum Gasteiger partial charge on any atom is 0.412 e. The smallest absolute Gasteiger partial charge is 0.412 e. The Labute approximate surface area is 122 Å². The van der Waals surface area contributed by atoms with Gasteiger partial charge in [0.1, 0.15) is 11.8 Å². The largest absolute Gasteiger partial charge is 0.444 e. The summed E-state index contributed by atoms with van der Waals surface area (Å²) in [5.41, 5.74) is -1.27. The monoisotopic (exact) mass is 287 g/mol. The number of hydrogen-bond acceptors (Lipinski definition) is 4. The Morgan fingerprint density at radius 2 is 2.15 bits per heavy atom. The molecule has 118 valence electrons. The Hall–Kier alpha value is -0.810. The van der Waals surface area contributed by atoms with Crippen LogP contribution in [-0.2, 0) is 9.47 Å². The summed E-state index contributed by atoms with van der Waals surface area (Å²) in [6, 6.07) is 0. The van der Waals surface area contributed by atoms with Crippen molar-refractivity contribution in [2.75, 3.05) is 13.2 Å². The van der Waals surface area contributed by atoms with E-state index in [1.54, 1.807) is 4.90 Å². The Balaban J connectivity index is 2.89. The number of amides is 1. The van der Waals surface area contributed by atoms with E-state index >= 15 is 0 Å². The predicted molar refractivity (Wildman–Crippen MR) is 77.4 cm³/mol. The van der Waals surface area contributed by atoms with Gasteiger partial charge < -0.3 is 14.6 Å². The Bertz CT molecular complexity index is 339. The average Bonchev–Trinajstić information content (AvgIpc) is 2.65. The lowest BCUT2D eigenvalue weighted by molar-refractivity contribution is -0.0327. The molecule has 5 nitrogen and oxygen atoms in total. The van der Waals surface area contributed by atoms with E-state index in [0.29, 0.717) is 12.5 Å². The molecule has 1 aliphatic heterocycles. The summed E-state index contributed by atoms with van der Waals surface area (Å²) in [6.07, 6.45) is 1.04. The van der Waals surface area contributed by atoms with E-state index in [2.05, 4.69) is 13.8 Å². The van der Waals surface area contributed by atoms with Crippen molar-refractivity contribution in [2.45, 2.75) is 71.8 Å². The summed E-state index contributed by atoms with van der Waals surface area (Å²) in [5.74, 6) is 0.450. The predicted octanol–water partition coefficient (Wildman–Crippen LogP) is 2.77. The van der Waals surface area contributed by atoms with Crippen LogP contribution in [0.25, 0.3) is 0 Å². The van der Waals surface area contributed by atoms with Crippen molar-refractivity contribution in [2.24, 2.45) is 5.92 Å². The molecule has 1 aliphatic rings. The Morgan fingerprint density at radius 1 is 1.55 bits per heavy atom. The van der Waals surface area contributed by atoms with E-state index in [4.69, 9.17) is 9.47 Å². The highest BCUT2D eigenvalue weighted by atomic mass is 16.6. The van der Waals surface area contributed by atoms with E-state index in [1.807, 2.05) is 27.7 Å². The lowest BCUT2D eigenvalue weighted by Crippen LogP contribution is -2.54. The lowest BCUT2D eigenvalue weighted by Gasteiger charge is -2.36. The quantitative estimate of drug-likeness (QED) is 0.863. The molecule has 0 saturated carbocycles. The van der Waals surface area contributed by atoms with Crippen LogP contribution in [0, 0.1) is 5.92 Å². The first kappa shape index (κ1) is 17.2. The van der Waals surface area contributed by atoms with Gasteiger partial charge in [0.2, 0.25) is 0 Å². The Kier molecular flexibility index (Phi) is 5.44. The third kappa shape index (κ3) is 4.09. The molecule has 1 N–H and O–H groups in total. The van der Waals surface area contributed by atoms with Crippen molar-refractivity contribution in [1.82, 2.24) is 4.90 Å². The normalized spacial score (nSPS) is 28.6. The van der Waals surface area contributed by atoms with Crippen LogP contribution in [0.3, 0.4) is 0 Å². The first-order valence-corrected chi connectivity index (χ1v) is 7.37. The highest BCUT2D eigenvalue weighted by molar-refractivity contribution is 5.70. The third-order valence-electron chi connectivity index (χ3n) is 3.69. The molecule has 20 heavy (non-hydrogen) atoms. The molecule has 1 amide bonds. The number of rotatable bonds is 4. The van der Waals surface area contributed by atoms with Gasteiger partial charge in [-0.25, -0.2) is 4.79 Å². The fourth-order valence-electron chi connectivity index (χ4n) is 2.22. The second-order valence-corrected chi connectivity index (χ2v) is 7.02. The molecule has 0 aromatic carbocycles. The van der Waals surface area contributed by atoms with E-state index in [-0.39, 0.29) is 12.8 Å². The number of aliphatic hydroxyl groups excluding tert-OH is 1. The number of ether oxygens (including phenoxy) is 2. The molecule has 0 bridgehead atoms.